The van der Waals surface area contributed by atoms with E-state index in [2.05, 4.69) is 86.8 Å². The highest BCUT2D eigenvalue weighted by Crippen LogP contribution is 2.47. The van der Waals surface area contributed by atoms with Crippen molar-refractivity contribution >= 4 is 13.8 Å². The number of carbonyl (C=O) groups is 1. The minimum Gasteiger partial charge on any atom is -0.457 e. The molecule has 12 nitrogen and oxygen atoms in total. The summed E-state index contributed by atoms with van der Waals surface area (Å²) in [5.74, 6) is -0.503. The van der Waals surface area contributed by atoms with Crippen LogP contribution < -0.4 is 0 Å². The topological polar surface area (TPSA) is 192 Å². The Labute approximate surface area is 374 Å². The maximum Gasteiger partial charge on any atom is 0.472 e. The van der Waals surface area contributed by atoms with Crippen molar-refractivity contribution in [3.05, 3.63) is 72.9 Å². The Balaban J connectivity index is 2.39. The fraction of sp³-hybridized carbons (Fsp3) is 0.735. The maximum absolute atomic E-state index is 12.8. The first-order valence-electron chi connectivity index (χ1n) is 23.8. The summed E-state index contributed by atoms with van der Waals surface area (Å²) in [6.45, 7) is 4.11. The van der Waals surface area contributed by atoms with E-state index >= 15 is 0 Å². The molecule has 0 aromatic carbocycles. The van der Waals surface area contributed by atoms with Crippen molar-refractivity contribution < 1.29 is 58.3 Å². The smallest absolute Gasteiger partial charge is 0.457 e. The Morgan fingerprint density at radius 3 is 1.45 bits per heavy atom. The van der Waals surface area contributed by atoms with Gasteiger partial charge in [0.15, 0.2) is 0 Å². The second kappa shape index (κ2) is 39.2. The standard InChI is InChI=1S/C49H85O12P/c1-3-5-7-9-11-13-15-17-18-19-20-21-22-23-24-25-26-27-28-30-32-34-36-38-43(50)60-42(40-58-39-37-35-33-31-29-16-14-12-10-8-6-4-2)41-59-62(56,57)61-49-47(54)45(52)44(51)46(53)48(49)55/h5,7,11,13,17-18,20-21,23-24,26-27,42,44-49,51-55H,3-4,6,8-10,12,14-16,19,22,25,28-41H2,1-2H3,(H,56,57)/b7-5-,13-11-,18-17-,21-20-,24-23-,27-26-. The quantitative estimate of drug-likeness (QED) is 0.0148. The van der Waals surface area contributed by atoms with Crippen LogP contribution in [0.4, 0.5) is 0 Å². The average molecular weight is 897 g/mol. The molecule has 0 aromatic heterocycles. The van der Waals surface area contributed by atoms with Gasteiger partial charge in [0.05, 0.1) is 13.2 Å². The monoisotopic (exact) mass is 897 g/mol. The minimum absolute atomic E-state index is 0.0893. The first kappa shape index (κ1) is 57.8. The molecular weight excluding hydrogens is 812 g/mol. The van der Waals surface area contributed by atoms with Crippen LogP contribution in [0.25, 0.3) is 0 Å². The van der Waals surface area contributed by atoms with Crippen LogP contribution in [0, 0.1) is 0 Å². The zero-order chi connectivity index (χ0) is 45.5. The molecule has 13 heteroatoms. The van der Waals surface area contributed by atoms with E-state index in [1.807, 2.05) is 0 Å². The van der Waals surface area contributed by atoms with Gasteiger partial charge in [0.1, 0.15) is 42.7 Å². The fourth-order valence-corrected chi connectivity index (χ4v) is 7.80. The van der Waals surface area contributed by atoms with Crippen LogP contribution >= 0.6 is 7.82 Å². The van der Waals surface area contributed by atoms with E-state index in [0.717, 1.165) is 83.5 Å². The maximum atomic E-state index is 12.8. The average Bonchev–Trinajstić information content (AvgIpc) is 3.26. The number of aliphatic hydroxyl groups excluding tert-OH is 5. The molecule has 0 saturated heterocycles. The third-order valence-electron chi connectivity index (χ3n) is 10.6. The van der Waals surface area contributed by atoms with Gasteiger partial charge in [-0.05, 0) is 64.2 Å². The van der Waals surface area contributed by atoms with E-state index in [4.69, 9.17) is 18.5 Å². The van der Waals surface area contributed by atoms with Crippen LogP contribution in [0.5, 0.6) is 0 Å². The predicted octanol–water partition coefficient (Wildman–Crippen LogP) is 9.97. The molecule has 1 saturated carbocycles. The molecular formula is C49H85O12P. The number of hydrogen-bond acceptors (Lipinski definition) is 11. The van der Waals surface area contributed by atoms with Gasteiger partial charge in [0.2, 0.25) is 0 Å². The Bertz CT molecular complexity index is 1300. The van der Waals surface area contributed by atoms with E-state index in [9.17, 15) is 39.8 Å². The van der Waals surface area contributed by atoms with Crippen molar-refractivity contribution in [2.75, 3.05) is 19.8 Å². The predicted molar refractivity (Wildman–Crippen MR) is 248 cm³/mol. The number of phosphoric ester groups is 1. The van der Waals surface area contributed by atoms with Crippen LogP contribution in [0.15, 0.2) is 72.9 Å². The van der Waals surface area contributed by atoms with E-state index in [1.165, 1.54) is 57.8 Å². The van der Waals surface area contributed by atoms with E-state index in [1.54, 1.807) is 0 Å². The molecule has 1 fully saturated rings. The molecule has 0 aliphatic heterocycles. The molecule has 0 bridgehead atoms. The van der Waals surface area contributed by atoms with E-state index in [0.29, 0.717) is 13.0 Å². The van der Waals surface area contributed by atoms with Crippen LogP contribution in [0.1, 0.15) is 168 Å². The number of esters is 1. The van der Waals surface area contributed by atoms with Gasteiger partial charge in [-0.25, -0.2) is 4.57 Å². The first-order chi connectivity index (χ1) is 30.0. The molecule has 358 valence electrons. The van der Waals surface area contributed by atoms with Gasteiger partial charge in [-0.3, -0.25) is 13.8 Å². The van der Waals surface area contributed by atoms with Crippen molar-refractivity contribution in [2.24, 2.45) is 0 Å². The summed E-state index contributed by atoms with van der Waals surface area (Å²) in [6.07, 6.45) is 38.2. The number of rotatable bonds is 39. The zero-order valence-corrected chi connectivity index (χ0v) is 39.0. The van der Waals surface area contributed by atoms with Gasteiger partial charge in [-0.2, -0.15) is 0 Å². The lowest BCUT2D eigenvalue weighted by molar-refractivity contribution is -0.220. The summed E-state index contributed by atoms with van der Waals surface area (Å²) >= 11 is 0. The summed E-state index contributed by atoms with van der Waals surface area (Å²) in [7, 11) is -5.03. The summed E-state index contributed by atoms with van der Waals surface area (Å²) in [4.78, 5) is 23.2. The molecule has 1 aliphatic carbocycles. The third kappa shape index (κ3) is 30.8. The summed E-state index contributed by atoms with van der Waals surface area (Å²) < 4.78 is 34.2. The Morgan fingerprint density at radius 2 is 0.952 bits per heavy atom. The van der Waals surface area contributed by atoms with Crippen molar-refractivity contribution in [2.45, 2.75) is 211 Å². The number of aliphatic hydroxyl groups is 5. The second-order valence-corrected chi connectivity index (χ2v) is 17.6. The first-order valence-corrected chi connectivity index (χ1v) is 25.3. The fourth-order valence-electron chi connectivity index (χ4n) is 6.83. The molecule has 1 aliphatic rings. The van der Waals surface area contributed by atoms with Crippen molar-refractivity contribution in [1.29, 1.82) is 0 Å². The zero-order valence-electron chi connectivity index (χ0n) is 38.1. The van der Waals surface area contributed by atoms with Gasteiger partial charge in [-0.15, -0.1) is 0 Å². The number of phosphoric acid groups is 1. The van der Waals surface area contributed by atoms with Gasteiger partial charge in [0, 0.05) is 13.0 Å². The third-order valence-corrected chi connectivity index (χ3v) is 11.6. The highest BCUT2D eigenvalue weighted by atomic mass is 31.2. The van der Waals surface area contributed by atoms with Crippen molar-refractivity contribution in [3.63, 3.8) is 0 Å². The Morgan fingerprint density at radius 1 is 0.532 bits per heavy atom. The largest absolute Gasteiger partial charge is 0.472 e. The molecule has 0 radical (unpaired) electrons. The number of allylic oxidation sites excluding steroid dienone is 12. The van der Waals surface area contributed by atoms with Crippen LogP contribution in [-0.4, -0.2) is 98.9 Å². The van der Waals surface area contributed by atoms with E-state index < -0.39 is 63.1 Å². The highest BCUT2D eigenvalue weighted by Gasteiger charge is 2.51. The minimum atomic E-state index is -5.03. The summed E-state index contributed by atoms with van der Waals surface area (Å²) in [5, 5.41) is 50.2. The lowest BCUT2D eigenvalue weighted by atomic mass is 9.85. The molecule has 62 heavy (non-hydrogen) atoms. The molecule has 1 rings (SSSR count). The molecule has 0 amide bonds. The Kier molecular flexibility index (Phi) is 36.5. The summed E-state index contributed by atoms with van der Waals surface area (Å²) in [6, 6.07) is 0. The van der Waals surface area contributed by atoms with E-state index in [-0.39, 0.29) is 13.0 Å². The summed E-state index contributed by atoms with van der Waals surface area (Å²) in [5.41, 5.74) is 0. The van der Waals surface area contributed by atoms with Gasteiger partial charge in [0.25, 0.3) is 0 Å². The molecule has 0 heterocycles. The number of carbonyl (C=O) groups excluding carboxylic acids is 1. The molecule has 6 unspecified atom stereocenters. The number of hydrogen-bond donors (Lipinski definition) is 6. The lowest BCUT2D eigenvalue weighted by Gasteiger charge is -2.41. The SMILES string of the molecule is CC/C=C\C/C=C\C/C=C\C/C=C\C/C=C\C/C=C\CCCCCCC(=O)OC(COCCCCCCCCCCCCCC)COP(=O)(O)OC1C(O)C(O)C(O)C(O)C1O. The lowest BCUT2D eigenvalue weighted by Crippen LogP contribution is -2.64. The second-order valence-electron chi connectivity index (χ2n) is 16.2. The van der Waals surface area contributed by atoms with Gasteiger partial charge >= 0.3 is 13.8 Å². The number of unbranched alkanes of at least 4 members (excludes halogenated alkanes) is 15. The van der Waals surface area contributed by atoms with Gasteiger partial charge < -0.3 is 39.9 Å². The molecule has 0 spiro atoms. The Hall–Kier alpha value is -2.22. The van der Waals surface area contributed by atoms with Crippen LogP contribution in [0.3, 0.4) is 0 Å². The normalized spacial score (nSPS) is 22.6. The van der Waals surface area contributed by atoms with Crippen LogP contribution in [-0.2, 0) is 27.9 Å². The van der Waals surface area contributed by atoms with Gasteiger partial charge in [-0.1, -0.05) is 170 Å². The molecule has 6 atom stereocenters. The molecule has 6 N–H and O–H groups in total. The molecule has 0 aromatic rings. The number of ether oxygens (including phenoxy) is 2. The van der Waals surface area contributed by atoms with Crippen molar-refractivity contribution in [3.8, 4) is 0 Å². The van der Waals surface area contributed by atoms with Crippen LogP contribution in [0.2, 0.25) is 0 Å². The highest BCUT2D eigenvalue weighted by molar-refractivity contribution is 7.47. The van der Waals surface area contributed by atoms with Crippen molar-refractivity contribution in [1.82, 2.24) is 0 Å².